The number of rotatable bonds is 6. The Kier molecular flexibility index (Phi) is 5.77. The molecule has 0 bridgehead atoms. The molecule has 4 rings (SSSR count). The Balaban J connectivity index is 1.70. The summed E-state index contributed by atoms with van der Waals surface area (Å²) < 4.78 is 6.89. The van der Waals surface area contributed by atoms with Gasteiger partial charge >= 0.3 is 0 Å². The highest BCUT2D eigenvalue weighted by Gasteiger charge is 2.21. The lowest BCUT2D eigenvalue weighted by atomic mass is 10.1. The van der Waals surface area contributed by atoms with Crippen LogP contribution < -0.4 is 16.6 Å². The first-order chi connectivity index (χ1) is 15.8. The number of hydrogen-bond acceptors (Lipinski definition) is 8. The summed E-state index contributed by atoms with van der Waals surface area (Å²) in [6, 6.07) is 14.9. The molecule has 0 fully saturated rings. The Hall–Kier alpha value is -4.29. The molecule has 3 aromatic heterocycles. The van der Waals surface area contributed by atoms with Crippen LogP contribution >= 0.6 is 0 Å². The van der Waals surface area contributed by atoms with Crippen molar-refractivity contribution in [1.82, 2.24) is 25.0 Å². The second kappa shape index (κ2) is 8.68. The molecule has 3 heterocycles. The van der Waals surface area contributed by atoms with Gasteiger partial charge in [0.2, 0.25) is 0 Å². The molecule has 0 aliphatic rings. The van der Waals surface area contributed by atoms with E-state index in [-0.39, 0.29) is 11.4 Å². The van der Waals surface area contributed by atoms with E-state index in [2.05, 4.69) is 26.5 Å². The van der Waals surface area contributed by atoms with E-state index in [0.29, 0.717) is 28.4 Å². The first-order valence-corrected chi connectivity index (χ1v) is 10.3. The fourth-order valence-electron chi connectivity index (χ4n) is 3.37. The highest BCUT2D eigenvalue weighted by Crippen LogP contribution is 2.29. The number of pyridine rings is 1. The molecule has 9 nitrogen and oxygen atoms in total. The van der Waals surface area contributed by atoms with Crippen LogP contribution in [-0.2, 0) is 12.1 Å². The molecule has 166 valence electrons. The average molecular weight is 441 g/mol. The summed E-state index contributed by atoms with van der Waals surface area (Å²) in [5.41, 5.74) is 8.94. The van der Waals surface area contributed by atoms with Gasteiger partial charge in [-0.3, -0.25) is 9.36 Å². The standard InChI is InChI=1S/C24H23N7O2/c1-24(2,14-25)31-13-17(8-9-21(31)32)19-12-28-23(26)22(29-19)20-10-18(30-33-20)16-6-4-15(5-7-16)11-27-3/h4-10,12-13,27H,11H2,1-3H3,(H2,26,28). The Bertz CT molecular complexity index is 1400. The lowest BCUT2D eigenvalue weighted by Crippen LogP contribution is -2.34. The highest BCUT2D eigenvalue weighted by molar-refractivity contribution is 5.72. The van der Waals surface area contributed by atoms with Gasteiger partial charge in [-0.15, -0.1) is 0 Å². The zero-order valence-electron chi connectivity index (χ0n) is 18.5. The fraction of sp³-hybridized carbons (Fsp3) is 0.208. The van der Waals surface area contributed by atoms with E-state index in [1.807, 2.05) is 31.3 Å². The summed E-state index contributed by atoms with van der Waals surface area (Å²) in [5.74, 6) is 0.568. The number of hydrogen-bond donors (Lipinski definition) is 2. The third-order valence-electron chi connectivity index (χ3n) is 5.26. The number of anilines is 1. The van der Waals surface area contributed by atoms with Gasteiger partial charge in [0.15, 0.2) is 17.3 Å². The maximum atomic E-state index is 12.3. The maximum Gasteiger partial charge on any atom is 0.251 e. The Morgan fingerprint density at radius 1 is 1.15 bits per heavy atom. The van der Waals surface area contributed by atoms with Crippen molar-refractivity contribution in [2.24, 2.45) is 0 Å². The van der Waals surface area contributed by atoms with Gasteiger partial charge in [-0.25, -0.2) is 9.97 Å². The number of nitriles is 1. The minimum Gasteiger partial charge on any atom is -0.382 e. The van der Waals surface area contributed by atoms with Crippen LogP contribution in [0, 0.1) is 11.3 Å². The van der Waals surface area contributed by atoms with E-state index in [1.165, 1.54) is 16.8 Å². The fourth-order valence-corrected chi connectivity index (χ4v) is 3.37. The van der Waals surface area contributed by atoms with Gasteiger partial charge in [0.05, 0.1) is 18.0 Å². The largest absolute Gasteiger partial charge is 0.382 e. The lowest BCUT2D eigenvalue weighted by Gasteiger charge is -2.19. The Labute approximate surface area is 190 Å². The summed E-state index contributed by atoms with van der Waals surface area (Å²) in [4.78, 5) is 21.1. The van der Waals surface area contributed by atoms with E-state index in [1.54, 1.807) is 32.2 Å². The molecule has 0 saturated heterocycles. The van der Waals surface area contributed by atoms with Crippen LogP contribution in [0.5, 0.6) is 0 Å². The smallest absolute Gasteiger partial charge is 0.251 e. The van der Waals surface area contributed by atoms with Gasteiger partial charge in [-0.2, -0.15) is 5.26 Å². The van der Waals surface area contributed by atoms with Crippen LogP contribution in [0.15, 0.2) is 64.2 Å². The van der Waals surface area contributed by atoms with Crippen molar-refractivity contribution in [1.29, 1.82) is 5.26 Å². The molecule has 1 aromatic carbocycles. The SMILES string of the molecule is CNCc1ccc(-c2cc(-c3nc(-c4ccc(=O)n(C(C)(C)C#N)c4)cnc3N)on2)cc1. The van der Waals surface area contributed by atoms with Gasteiger partial charge in [0, 0.05) is 36.0 Å². The monoisotopic (exact) mass is 441 g/mol. The molecule has 9 heteroatoms. The normalized spacial score (nSPS) is 11.3. The lowest BCUT2D eigenvalue weighted by molar-refractivity contribution is 0.433. The molecule has 4 aromatic rings. The predicted octanol–water partition coefficient (Wildman–Crippen LogP) is 3.19. The van der Waals surface area contributed by atoms with Crippen LogP contribution in [0.1, 0.15) is 19.4 Å². The van der Waals surface area contributed by atoms with Gasteiger partial charge in [0.1, 0.15) is 11.2 Å². The number of nitrogens with one attached hydrogen (secondary N) is 1. The molecule has 0 radical (unpaired) electrons. The number of nitrogen functional groups attached to an aromatic ring is 1. The predicted molar refractivity (Wildman–Crippen MR) is 125 cm³/mol. The molecule has 3 N–H and O–H groups in total. The molecular formula is C24H23N7O2. The molecule has 0 saturated carbocycles. The van der Waals surface area contributed by atoms with E-state index in [4.69, 9.17) is 10.3 Å². The van der Waals surface area contributed by atoms with Crippen molar-refractivity contribution < 1.29 is 4.52 Å². The molecule has 0 unspecified atom stereocenters. The second-order valence-corrected chi connectivity index (χ2v) is 8.09. The molecular weight excluding hydrogens is 418 g/mol. The van der Waals surface area contributed by atoms with Crippen molar-refractivity contribution in [3.8, 4) is 40.0 Å². The van der Waals surface area contributed by atoms with Crippen molar-refractivity contribution in [3.63, 3.8) is 0 Å². The quantitative estimate of drug-likeness (QED) is 0.466. The van der Waals surface area contributed by atoms with Crippen molar-refractivity contribution >= 4 is 5.82 Å². The third kappa shape index (κ3) is 4.37. The number of nitrogens with two attached hydrogens (primary N) is 1. The topological polar surface area (TPSA) is 136 Å². The second-order valence-electron chi connectivity index (χ2n) is 8.09. The molecule has 0 amide bonds. The van der Waals surface area contributed by atoms with E-state index in [0.717, 1.165) is 17.7 Å². The summed E-state index contributed by atoms with van der Waals surface area (Å²) in [5, 5.41) is 16.7. The minimum absolute atomic E-state index is 0.191. The van der Waals surface area contributed by atoms with Crippen LogP contribution in [0.2, 0.25) is 0 Å². The van der Waals surface area contributed by atoms with Gasteiger partial charge < -0.3 is 15.6 Å². The molecule has 0 aliphatic heterocycles. The first kappa shape index (κ1) is 21.9. The van der Waals surface area contributed by atoms with Crippen LogP contribution in [-0.4, -0.2) is 26.7 Å². The third-order valence-corrected chi connectivity index (χ3v) is 5.26. The average Bonchev–Trinajstić information content (AvgIpc) is 3.30. The summed E-state index contributed by atoms with van der Waals surface area (Å²) in [6.45, 7) is 4.11. The summed E-state index contributed by atoms with van der Waals surface area (Å²) in [6.07, 6.45) is 3.11. The highest BCUT2D eigenvalue weighted by atomic mass is 16.5. The van der Waals surface area contributed by atoms with Gasteiger partial charge in [-0.05, 0) is 32.5 Å². The number of benzene rings is 1. The maximum absolute atomic E-state index is 12.3. The zero-order valence-corrected chi connectivity index (χ0v) is 18.5. The number of aromatic nitrogens is 4. The Morgan fingerprint density at radius 3 is 2.58 bits per heavy atom. The first-order valence-electron chi connectivity index (χ1n) is 10.3. The summed E-state index contributed by atoms with van der Waals surface area (Å²) in [7, 11) is 1.90. The number of nitrogens with zero attached hydrogens (tertiary/aromatic N) is 5. The van der Waals surface area contributed by atoms with E-state index in [9.17, 15) is 10.1 Å². The van der Waals surface area contributed by atoms with Crippen LogP contribution in [0.25, 0.3) is 34.0 Å². The van der Waals surface area contributed by atoms with Crippen molar-refractivity contribution in [3.05, 3.63) is 70.8 Å². The van der Waals surface area contributed by atoms with Crippen molar-refractivity contribution in [2.75, 3.05) is 12.8 Å². The van der Waals surface area contributed by atoms with E-state index >= 15 is 0 Å². The van der Waals surface area contributed by atoms with E-state index < -0.39 is 5.54 Å². The zero-order chi connectivity index (χ0) is 23.6. The molecule has 0 aliphatic carbocycles. The molecule has 33 heavy (non-hydrogen) atoms. The minimum atomic E-state index is -1.01. The Morgan fingerprint density at radius 2 is 1.88 bits per heavy atom. The summed E-state index contributed by atoms with van der Waals surface area (Å²) >= 11 is 0. The molecule has 0 atom stereocenters. The van der Waals surface area contributed by atoms with Gasteiger partial charge in [0.25, 0.3) is 5.56 Å². The van der Waals surface area contributed by atoms with Crippen LogP contribution in [0.3, 0.4) is 0 Å². The van der Waals surface area contributed by atoms with Crippen LogP contribution in [0.4, 0.5) is 5.82 Å². The van der Waals surface area contributed by atoms with Crippen molar-refractivity contribution in [2.45, 2.75) is 25.9 Å². The van der Waals surface area contributed by atoms with Gasteiger partial charge in [-0.1, -0.05) is 29.4 Å². The molecule has 0 spiro atoms.